The lowest BCUT2D eigenvalue weighted by atomic mass is 9.57. The number of benzene rings is 1. The maximum Gasteiger partial charge on any atom is 0.534 e. The van der Waals surface area contributed by atoms with Crippen LogP contribution in [0.1, 0.15) is 48.8 Å². The number of alkyl halides is 3. The Morgan fingerprint density at radius 2 is 1.77 bits per heavy atom. The van der Waals surface area contributed by atoms with Gasteiger partial charge in [0.25, 0.3) is 0 Å². The highest BCUT2D eigenvalue weighted by atomic mass is 32.2. The van der Waals surface area contributed by atoms with Crippen LogP contribution in [-0.2, 0) is 22.0 Å². The van der Waals surface area contributed by atoms with Crippen LogP contribution in [0.4, 0.5) is 13.2 Å². The first kappa shape index (κ1) is 15.6. The quantitative estimate of drug-likeness (QED) is 0.607. The van der Waals surface area contributed by atoms with E-state index >= 15 is 0 Å². The summed E-state index contributed by atoms with van der Waals surface area (Å²) in [5.41, 5.74) is -2.74. The minimum absolute atomic E-state index is 0.0129. The van der Waals surface area contributed by atoms with Crippen molar-refractivity contribution in [3.05, 3.63) is 28.8 Å². The molecule has 2 aliphatic rings. The van der Waals surface area contributed by atoms with E-state index in [0.29, 0.717) is 12.0 Å². The number of rotatable bonds is 2. The third-order valence-corrected chi connectivity index (χ3v) is 5.85. The number of aryl methyl sites for hydroxylation is 1. The molecule has 0 aromatic heterocycles. The van der Waals surface area contributed by atoms with Crippen molar-refractivity contribution < 1.29 is 25.8 Å². The summed E-state index contributed by atoms with van der Waals surface area (Å²) in [6, 6.07) is 3.00. The van der Waals surface area contributed by atoms with Crippen LogP contribution in [0, 0.1) is 6.92 Å². The first-order valence-corrected chi connectivity index (χ1v) is 8.71. The molecule has 0 bridgehead atoms. The summed E-state index contributed by atoms with van der Waals surface area (Å²) in [5.74, 6) is -0.163. The van der Waals surface area contributed by atoms with Crippen molar-refractivity contribution in [3.63, 3.8) is 0 Å². The summed E-state index contributed by atoms with van der Waals surface area (Å²) in [6.45, 7) is 1.92. The smallest absolute Gasteiger partial charge is 0.376 e. The Bertz CT molecular complexity index is 703. The normalized spacial score (nSPS) is 20.4. The zero-order valence-electron chi connectivity index (χ0n) is 12.2. The molecule has 0 amide bonds. The summed E-state index contributed by atoms with van der Waals surface area (Å²) >= 11 is 0. The zero-order valence-corrected chi connectivity index (χ0v) is 13.0. The molecule has 122 valence electrons. The van der Waals surface area contributed by atoms with E-state index < -0.39 is 15.6 Å². The van der Waals surface area contributed by atoms with E-state index in [1.807, 2.05) is 6.92 Å². The second kappa shape index (κ2) is 4.88. The molecule has 7 heteroatoms. The molecule has 1 spiro atoms. The lowest BCUT2D eigenvalue weighted by Gasteiger charge is -2.47. The Morgan fingerprint density at radius 3 is 2.32 bits per heavy atom. The fourth-order valence-electron chi connectivity index (χ4n) is 3.81. The van der Waals surface area contributed by atoms with Crippen LogP contribution < -0.4 is 4.18 Å². The van der Waals surface area contributed by atoms with Gasteiger partial charge < -0.3 is 4.18 Å². The number of hydrogen-bond acceptors (Lipinski definition) is 3. The van der Waals surface area contributed by atoms with Gasteiger partial charge in [0.05, 0.1) is 0 Å². The summed E-state index contributed by atoms with van der Waals surface area (Å²) in [5, 5.41) is 0. The van der Waals surface area contributed by atoms with E-state index in [4.69, 9.17) is 0 Å². The molecule has 3 nitrogen and oxygen atoms in total. The maximum absolute atomic E-state index is 12.5. The van der Waals surface area contributed by atoms with Gasteiger partial charge in [0.15, 0.2) is 0 Å². The molecule has 1 aromatic rings. The van der Waals surface area contributed by atoms with Crippen LogP contribution in [0.5, 0.6) is 5.75 Å². The van der Waals surface area contributed by atoms with Gasteiger partial charge in [-0.3, -0.25) is 0 Å². The molecule has 1 saturated carbocycles. The second-order valence-electron chi connectivity index (χ2n) is 6.20. The minimum atomic E-state index is -5.62. The summed E-state index contributed by atoms with van der Waals surface area (Å²) in [6.07, 6.45) is 5.54. The fraction of sp³-hybridized carbons (Fsp3) is 0.600. The monoisotopic (exact) mass is 334 g/mol. The summed E-state index contributed by atoms with van der Waals surface area (Å²) in [7, 11) is -5.62. The Balaban J connectivity index is 2.07. The van der Waals surface area contributed by atoms with Crippen molar-refractivity contribution in [2.45, 2.75) is 56.4 Å². The third kappa shape index (κ3) is 2.30. The van der Waals surface area contributed by atoms with E-state index in [2.05, 4.69) is 4.18 Å². The van der Waals surface area contributed by atoms with Crippen LogP contribution in [0.3, 0.4) is 0 Å². The molecule has 0 unspecified atom stereocenters. The lowest BCUT2D eigenvalue weighted by molar-refractivity contribution is -0.0500. The second-order valence-corrected chi connectivity index (χ2v) is 7.74. The molecule has 1 aromatic carbocycles. The third-order valence-electron chi connectivity index (χ3n) is 4.88. The molecule has 22 heavy (non-hydrogen) atoms. The molecule has 0 radical (unpaired) electrons. The molecule has 0 atom stereocenters. The van der Waals surface area contributed by atoms with E-state index in [1.165, 1.54) is 6.07 Å². The zero-order chi connectivity index (χ0) is 16.2. The van der Waals surface area contributed by atoms with Gasteiger partial charge in [-0.15, -0.1) is 0 Å². The van der Waals surface area contributed by atoms with Crippen LogP contribution in [0.15, 0.2) is 12.1 Å². The lowest BCUT2D eigenvalue weighted by Crippen LogP contribution is -2.39. The Labute approximate surface area is 127 Å². The van der Waals surface area contributed by atoms with E-state index in [1.54, 1.807) is 6.07 Å². The van der Waals surface area contributed by atoms with Gasteiger partial charge in [-0.05, 0) is 67.2 Å². The van der Waals surface area contributed by atoms with Crippen molar-refractivity contribution in [1.29, 1.82) is 0 Å². The molecule has 2 aliphatic carbocycles. The summed E-state index contributed by atoms with van der Waals surface area (Å²) < 4.78 is 64.6. The molecular formula is C15H17F3O3S. The number of fused-ring (bicyclic) bond motifs is 2. The standard InChI is InChI=1S/C15H17F3O3S/c1-10-5-6-12(21-22(19,20)15(16,17)18)11-4-2-7-14(13(10)11)8-3-9-14/h5-6H,2-4,7-9H2,1H3. The average molecular weight is 334 g/mol. The molecule has 0 heterocycles. The molecular weight excluding hydrogens is 317 g/mol. The van der Waals surface area contributed by atoms with Crippen molar-refractivity contribution in [2.24, 2.45) is 0 Å². The van der Waals surface area contributed by atoms with Gasteiger partial charge in [0, 0.05) is 0 Å². The fourth-order valence-corrected chi connectivity index (χ4v) is 4.30. The molecule has 0 saturated heterocycles. The van der Waals surface area contributed by atoms with Crippen molar-refractivity contribution in [3.8, 4) is 5.75 Å². The first-order valence-electron chi connectivity index (χ1n) is 7.30. The number of halogens is 3. The van der Waals surface area contributed by atoms with Gasteiger partial charge >= 0.3 is 15.6 Å². The van der Waals surface area contributed by atoms with Crippen LogP contribution >= 0.6 is 0 Å². The maximum atomic E-state index is 12.5. The highest BCUT2D eigenvalue weighted by Crippen LogP contribution is 2.54. The Kier molecular flexibility index (Phi) is 3.47. The predicted octanol–water partition coefficient (Wildman–Crippen LogP) is 3.98. The minimum Gasteiger partial charge on any atom is -0.376 e. The van der Waals surface area contributed by atoms with E-state index in [0.717, 1.165) is 43.2 Å². The largest absolute Gasteiger partial charge is 0.534 e. The van der Waals surface area contributed by atoms with Gasteiger partial charge in [-0.25, -0.2) is 0 Å². The molecule has 1 fully saturated rings. The van der Waals surface area contributed by atoms with E-state index in [-0.39, 0.29) is 11.2 Å². The predicted molar refractivity (Wildman–Crippen MR) is 75.2 cm³/mol. The van der Waals surface area contributed by atoms with Gasteiger partial charge in [0.1, 0.15) is 5.75 Å². The Morgan fingerprint density at radius 1 is 1.14 bits per heavy atom. The first-order chi connectivity index (χ1) is 10.2. The van der Waals surface area contributed by atoms with Crippen LogP contribution in [0.25, 0.3) is 0 Å². The van der Waals surface area contributed by atoms with E-state index in [9.17, 15) is 21.6 Å². The SMILES string of the molecule is Cc1ccc(OS(=O)(=O)C(F)(F)F)c2c1C1(CCC2)CCC1. The molecule has 3 rings (SSSR count). The van der Waals surface area contributed by atoms with Crippen LogP contribution in [0.2, 0.25) is 0 Å². The van der Waals surface area contributed by atoms with Gasteiger partial charge in [-0.2, -0.15) is 21.6 Å². The van der Waals surface area contributed by atoms with Gasteiger partial charge in [0.2, 0.25) is 0 Å². The van der Waals surface area contributed by atoms with Crippen molar-refractivity contribution >= 4 is 10.1 Å². The van der Waals surface area contributed by atoms with Crippen LogP contribution in [-0.4, -0.2) is 13.9 Å². The highest BCUT2D eigenvalue weighted by Gasteiger charge is 2.49. The van der Waals surface area contributed by atoms with Crippen molar-refractivity contribution in [2.75, 3.05) is 0 Å². The number of hydrogen-bond donors (Lipinski definition) is 0. The van der Waals surface area contributed by atoms with Crippen molar-refractivity contribution in [1.82, 2.24) is 0 Å². The molecule has 0 N–H and O–H groups in total. The molecule has 0 aliphatic heterocycles. The Hall–Kier alpha value is -1.24. The topological polar surface area (TPSA) is 43.4 Å². The van der Waals surface area contributed by atoms with Gasteiger partial charge in [-0.1, -0.05) is 12.5 Å². The summed E-state index contributed by atoms with van der Waals surface area (Å²) in [4.78, 5) is 0. The highest BCUT2D eigenvalue weighted by molar-refractivity contribution is 7.88. The average Bonchev–Trinajstić information content (AvgIpc) is 2.38.